The molecule has 0 spiro atoms. The van der Waals surface area contributed by atoms with Crippen LogP contribution in [0.2, 0.25) is 0 Å². The summed E-state index contributed by atoms with van der Waals surface area (Å²) in [7, 11) is 0. The largest absolute Gasteiger partial charge is 0.457 e. The third-order valence-electron chi connectivity index (χ3n) is 4.98. The molecule has 3 N–H and O–H groups in total. The number of guanidine groups is 1. The lowest BCUT2D eigenvalue weighted by atomic mass is 10.1. The van der Waals surface area contributed by atoms with E-state index in [1.165, 1.54) is 0 Å². The number of nitrogens with two attached hydrogens (primary N) is 1. The molecule has 0 aromatic heterocycles. The van der Waals surface area contributed by atoms with Gasteiger partial charge in [0, 0.05) is 24.7 Å². The summed E-state index contributed by atoms with van der Waals surface area (Å²) in [6.45, 7) is 5.96. The molecule has 0 bridgehead atoms. The maximum Gasteiger partial charge on any atom is 0.409 e. The summed E-state index contributed by atoms with van der Waals surface area (Å²) in [5, 5.41) is 3.27. The highest BCUT2D eigenvalue weighted by atomic mass is 16.6. The second kappa shape index (κ2) is 10.5. The predicted octanol–water partition coefficient (Wildman–Crippen LogP) is 3.81. The van der Waals surface area contributed by atoms with Gasteiger partial charge in [0.25, 0.3) is 0 Å². The van der Waals surface area contributed by atoms with Crippen LogP contribution >= 0.6 is 0 Å². The average Bonchev–Trinajstić information content (AvgIpc) is 2.74. The monoisotopic (exact) mass is 410 g/mol. The number of nitrogens with one attached hydrogen (secondary N) is 1. The van der Waals surface area contributed by atoms with Crippen molar-refractivity contribution in [2.24, 2.45) is 10.7 Å². The van der Waals surface area contributed by atoms with Crippen molar-refractivity contribution in [1.82, 2.24) is 10.2 Å². The number of hydrogen-bond donors (Lipinski definition) is 2. The number of nitrogens with zero attached hydrogens (tertiary/aromatic N) is 2. The number of hydrogen-bond acceptors (Lipinski definition) is 4. The zero-order chi connectivity index (χ0) is 21.3. The normalized spacial score (nSPS) is 15.0. The van der Waals surface area contributed by atoms with E-state index in [4.69, 9.17) is 15.2 Å². The molecule has 7 heteroatoms. The molecule has 1 aliphatic rings. The van der Waals surface area contributed by atoms with Crippen LogP contribution in [0.5, 0.6) is 11.5 Å². The lowest BCUT2D eigenvalue weighted by molar-refractivity contribution is 0.0963. The summed E-state index contributed by atoms with van der Waals surface area (Å²) in [5.74, 6) is 1.96. The molecule has 0 unspecified atom stereocenters. The number of aryl methyl sites for hydroxylation is 1. The number of carbonyl (C=O) groups is 1. The van der Waals surface area contributed by atoms with Gasteiger partial charge in [-0.15, -0.1) is 0 Å². The van der Waals surface area contributed by atoms with Gasteiger partial charge in [-0.05, 0) is 50.5 Å². The van der Waals surface area contributed by atoms with Crippen molar-refractivity contribution in [3.05, 3.63) is 59.7 Å². The minimum absolute atomic E-state index is 0.193. The first-order valence-electron chi connectivity index (χ1n) is 10.4. The number of ether oxygens (including phenoxy) is 2. The van der Waals surface area contributed by atoms with Crippen LogP contribution in [0.25, 0.3) is 0 Å². The molecular formula is C23H30N4O3. The smallest absolute Gasteiger partial charge is 0.409 e. The molecule has 2 aromatic carbocycles. The number of carbonyl (C=O) groups excluding carboxylic acids is 1. The molecule has 30 heavy (non-hydrogen) atoms. The van der Waals surface area contributed by atoms with Gasteiger partial charge in [0.1, 0.15) is 11.5 Å². The topological polar surface area (TPSA) is 89.2 Å². The fourth-order valence-corrected chi connectivity index (χ4v) is 3.39. The highest BCUT2D eigenvalue weighted by Crippen LogP contribution is 2.26. The molecule has 1 saturated heterocycles. The van der Waals surface area contributed by atoms with Crippen molar-refractivity contribution in [2.45, 2.75) is 39.3 Å². The van der Waals surface area contributed by atoms with Gasteiger partial charge in [-0.3, -0.25) is 0 Å². The second-order valence-corrected chi connectivity index (χ2v) is 7.33. The molecule has 0 aliphatic carbocycles. The Morgan fingerprint density at radius 1 is 1.20 bits per heavy atom. The number of piperidine rings is 1. The molecule has 1 aliphatic heterocycles. The Hall–Kier alpha value is -3.22. The first-order chi connectivity index (χ1) is 14.5. The fraction of sp³-hybridized carbons (Fsp3) is 0.391. The van der Waals surface area contributed by atoms with E-state index < -0.39 is 0 Å². The first kappa shape index (κ1) is 21.5. The van der Waals surface area contributed by atoms with Crippen LogP contribution in [0.1, 0.15) is 30.9 Å². The zero-order valence-corrected chi connectivity index (χ0v) is 17.6. The molecule has 1 heterocycles. The maximum absolute atomic E-state index is 11.8. The number of amides is 1. The van der Waals surface area contributed by atoms with Crippen molar-refractivity contribution in [2.75, 3.05) is 19.7 Å². The lowest BCUT2D eigenvalue weighted by Crippen LogP contribution is -2.48. The first-order valence-corrected chi connectivity index (χ1v) is 10.4. The minimum atomic E-state index is -0.247. The van der Waals surface area contributed by atoms with E-state index in [1.54, 1.807) is 4.90 Å². The third-order valence-corrected chi connectivity index (χ3v) is 4.98. The summed E-state index contributed by atoms with van der Waals surface area (Å²) >= 11 is 0. The van der Waals surface area contributed by atoms with E-state index in [-0.39, 0.29) is 12.1 Å². The van der Waals surface area contributed by atoms with Gasteiger partial charge in [0.05, 0.1) is 13.2 Å². The molecule has 160 valence electrons. The Bertz CT molecular complexity index is 876. The number of aliphatic imine (C=N–C) groups is 1. The van der Waals surface area contributed by atoms with Gasteiger partial charge in [-0.2, -0.15) is 0 Å². The number of rotatable bonds is 6. The van der Waals surface area contributed by atoms with E-state index in [2.05, 4.69) is 10.3 Å². The fourth-order valence-electron chi connectivity index (χ4n) is 3.39. The molecular weight excluding hydrogens is 380 g/mol. The van der Waals surface area contributed by atoms with Crippen LogP contribution in [0.15, 0.2) is 53.5 Å². The standard InChI is InChI=1S/C23H30N4O3/c1-3-29-23(28)27-13-11-19(12-14-27)26-22(24)25-16-18-8-4-5-10-21(18)30-20-9-6-7-17(2)15-20/h4-10,15,19H,3,11-14,16H2,1-2H3,(H3,24,25,26). The van der Waals surface area contributed by atoms with E-state index >= 15 is 0 Å². The van der Waals surface area contributed by atoms with Gasteiger partial charge in [-0.25, -0.2) is 9.79 Å². The summed E-state index contributed by atoms with van der Waals surface area (Å²) in [6.07, 6.45) is 1.37. The SMILES string of the molecule is CCOC(=O)N1CCC(NC(N)=NCc2ccccc2Oc2cccc(C)c2)CC1. The van der Waals surface area contributed by atoms with Gasteiger partial charge in [-0.1, -0.05) is 30.3 Å². The number of likely N-dealkylation sites (tertiary alicyclic amines) is 1. The van der Waals surface area contributed by atoms with Gasteiger partial charge >= 0.3 is 6.09 Å². The second-order valence-electron chi connectivity index (χ2n) is 7.33. The Labute approximate surface area is 177 Å². The summed E-state index contributed by atoms with van der Waals surface area (Å²) in [6, 6.07) is 16.0. The van der Waals surface area contributed by atoms with E-state index in [0.29, 0.717) is 32.2 Å². The Kier molecular flexibility index (Phi) is 7.54. The van der Waals surface area contributed by atoms with Crippen molar-refractivity contribution < 1.29 is 14.3 Å². The molecule has 0 saturated carbocycles. The average molecular weight is 411 g/mol. The van der Waals surface area contributed by atoms with Crippen LogP contribution in [0.4, 0.5) is 4.79 Å². The van der Waals surface area contributed by atoms with Crippen molar-refractivity contribution in [3.63, 3.8) is 0 Å². The molecule has 0 radical (unpaired) electrons. The molecule has 1 amide bonds. The van der Waals surface area contributed by atoms with E-state index in [9.17, 15) is 4.79 Å². The van der Waals surface area contributed by atoms with Crippen LogP contribution in [0, 0.1) is 6.92 Å². The Morgan fingerprint density at radius 2 is 1.97 bits per heavy atom. The van der Waals surface area contributed by atoms with Crippen LogP contribution < -0.4 is 15.8 Å². The molecule has 0 atom stereocenters. The van der Waals surface area contributed by atoms with Gasteiger partial charge in [0.2, 0.25) is 0 Å². The lowest BCUT2D eigenvalue weighted by Gasteiger charge is -2.31. The van der Waals surface area contributed by atoms with E-state index in [0.717, 1.165) is 35.5 Å². The molecule has 3 rings (SSSR count). The molecule has 1 fully saturated rings. The Balaban J connectivity index is 1.54. The molecule has 2 aromatic rings. The van der Waals surface area contributed by atoms with Gasteiger partial charge in [0.15, 0.2) is 5.96 Å². The zero-order valence-electron chi connectivity index (χ0n) is 17.6. The van der Waals surface area contributed by atoms with Crippen LogP contribution in [0.3, 0.4) is 0 Å². The van der Waals surface area contributed by atoms with E-state index in [1.807, 2.05) is 62.4 Å². The summed E-state index contributed by atoms with van der Waals surface area (Å²) in [4.78, 5) is 18.0. The van der Waals surface area contributed by atoms with Crippen LogP contribution in [-0.4, -0.2) is 42.7 Å². The van der Waals surface area contributed by atoms with Crippen molar-refractivity contribution >= 4 is 12.1 Å². The van der Waals surface area contributed by atoms with Crippen molar-refractivity contribution in [1.29, 1.82) is 0 Å². The summed E-state index contributed by atoms with van der Waals surface area (Å²) in [5.41, 5.74) is 8.21. The van der Waals surface area contributed by atoms with Crippen LogP contribution in [-0.2, 0) is 11.3 Å². The summed E-state index contributed by atoms with van der Waals surface area (Å²) < 4.78 is 11.1. The third kappa shape index (κ3) is 6.14. The number of para-hydroxylation sites is 1. The molecule has 7 nitrogen and oxygen atoms in total. The van der Waals surface area contributed by atoms with Gasteiger partial charge < -0.3 is 25.4 Å². The maximum atomic E-state index is 11.8. The minimum Gasteiger partial charge on any atom is -0.457 e. The van der Waals surface area contributed by atoms with Crippen molar-refractivity contribution in [3.8, 4) is 11.5 Å². The Morgan fingerprint density at radius 3 is 2.70 bits per heavy atom. The quantitative estimate of drug-likeness (QED) is 0.558. The predicted molar refractivity (Wildman–Crippen MR) is 118 cm³/mol. The highest BCUT2D eigenvalue weighted by Gasteiger charge is 2.23. The highest BCUT2D eigenvalue weighted by molar-refractivity contribution is 5.78. The number of benzene rings is 2.